The standard InChI is InChI=1S/C23H29ClN2O2/c1-4-17(2)25-23(28)18(3)26(15-14-19-10-6-5-7-11-19)22(27)16-20-12-8-9-13-21(20)24/h5-13,17-18H,4,14-16H2,1-3H3,(H,25,28)/t17-,18+/m1/s1. The minimum Gasteiger partial charge on any atom is -0.352 e. The van der Waals surface area contributed by atoms with E-state index in [1.165, 1.54) is 0 Å². The third kappa shape index (κ3) is 6.38. The maximum absolute atomic E-state index is 13.1. The summed E-state index contributed by atoms with van der Waals surface area (Å²) in [6.45, 7) is 6.24. The van der Waals surface area contributed by atoms with Gasteiger partial charge < -0.3 is 10.2 Å². The van der Waals surface area contributed by atoms with Crippen LogP contribution in [0.4, 0.5) is 0 Å². The Labute approximate surface area is 172 Å². The van der Waals surface area contributed by atoms with Gasteiger partial charge in [0.2, 0.25) is 11.8 Å². The maximum atomic E-state index is 13.1. The molecule has 0 aromatic heterocycles. The molecule has 2 amide bonds. The fourth-order valence-corrected chi connectivity index (χ4v) is 3.14. The summed E-state index contributed by atoms with van der Waals surface area (Å²) in [5.41, 5.74) is 1.90. The van der Waals surface area contributed by atoms with Gasteiger partial charge in [0.1, 0.15) is 6.04 Å². The second kappa shape index (κ2) is 10.9. The first-order valence-electron chi connectivity index (χ1n) is 9.79. The van der Waals surface area contributed by atoms with E-state index in [-0.39, 0.29) is 24.3 Å². The Morgan fingerprint density at radius 2 is 1.68 bits per heavy atom. The zero-order valence-corrected chi connectivity index (χ0v) is 17.6. The zero-order valence-electron chi connectivity index (χ0n) is 16.8. The topological polar surface area (TPSA) is 49.4 Å². The molecule has 0 radical (unpaired) electrons. The van der Waals surface area contributed by atoms with Gasteiger partial charge in [-0.2, -0.15) is 0 Å². The Morgan fingerprint density at radius 3 is 2.32 bits per heavy atom. The average molecular weight is 401 g/mol. The van der Waals surface area contributed by atoms with Gasteiger partial charge in [-0.1, -0.05) is 67.1 Å². The van der Waals surface area contributed by atoms with Gasteiger partial charge in [-0.25, -0.2) is 0 Å². The molecule has 2 rings (SSSR count). The highest BCUT2D eigenvalue weighted by Gasteiger charge is 2.26. The average Bonchev–Trinajstić information content (AvgIpc) is 2.70. The molecular weight excluding hydrogens is 372 g/mol. The quantitative estimate of drug-likeness (QED) is 0.683. The van der Waals surface area contributed by atoms with Crippen LogP contribution in [-0.4, -0.2) is 35.3 Å². The first-order valence-corrected chi connectivity index (χ1v) is 10.2. The van der Waals surface area contributed by atoms with Crippen molar-refractivity contribution in [2.75, 3.05) is 6.54 Å². The summed E-state index contributed by atoms with van der Waals surface area (Å²) in [7, 11) is 0. The van der Waals surface area contributed by atoms with Gasteiger partial charge in [-0.15, -0.1) is 0 Å². The number of hydrogen-bond donors (Lipinski definition) is 1. The first kappa shape index (κ1) is 22.0. The fourth-order valence-electron chi connectivity index (χ4n) is 2.94. The summed E-state index contributed by atoms with van der Waals surface area (Å²) in [6.07, 6.45) is 1.71. The molecular formula is C23H29ClN2O2. The van der Waals surface area contributed by atoms with E-state index < -0.39 is 6.04 Å². The summed E-state index contributed by atoms with van der Waals surface area (Å²) < 4.78 is 0. The van der Waals surface area contributed by atoms with Crippen LogP contribution in [0.1, 0.15) is 38.3 Å². The molecule has 0 saturated carbocycles. The number of hydrogen-bond acceptors (Lipinski definition) is 2. The number of carbonyl (C=O) groups excluding carboxylic acids is 2. The van der Waals surface area contributed by atoms with Crippen molar-refractivity contribution in [1.29, 1.82) is 0 Å². The van der Waals surface area contributed by atoms with Gasteiger partial charge in [0, 0.05) is 17.6 Å². The lowest BCUT2D eigenvalue weighted by molar-refractivity contribution is -0.139. The Morgan fingerprint density at radius 1 is 1.04 bits per heavy atom. The van der Waals surface area contributed by atoms with Crippen LogP contribution in [-0.2, 0) is 22.4 Å². The van der Waals surface area contributed by atoms with Crippen LogP contribution in [0.15, 0.2) is 54.6 Å². The van der Waals surface area contributed by atoms with Gasteiger partial charge in [-0.05, 0) is 43.9 Å². The third-order valence-corrected chi connectivity index (χ3v) is 5.32. The molecule has 0 aliphatic rings. The van der Waals surface area contributed by atoms with E-state index in [1.807, 2.05) is 62.4 Å². The second-order valence-corrected chi connectivity index (χ2v) is 7.49. The molecule has 150 valence electrons. The number of nitrogens with one attached hydrogen (secondary N) is 1. The number of nitrogens with zero attached hydrogens (tertiary/aromatic N) is 1. The van der Waals surface area contributed by atoms with Gasteiger partial charge in [0.25, 0.3) is 0 Å². The van der Waals surface area contributed by atoms with Crippen LogP contribution in [0.2, 0.25) is 5.02 Å². The van der Waals surface area contributed by atoms with Crippen LogP contribution in [0, 0.1) is 0 Å². The highest BCUT2D eigenvalue weighted by atomic mass is 35.5. The van der Waals surface area contributed by atoms with Crippen molar-refractivity contribution < 1.29 is 9.59 Å². The number of amides is 2. The van der Waals surface area contributed by atoms with Gasteiger partial charge in [0.05, 0.1) is 6.42 Å². The second-order valence-electron chi connectivity index (χ2n) is 7.08. The summed E-state index contributed by atoms with van der Waals surface area (Å²) in [5.74, 6) is -0.231. The third-order valence-electron chi connectivity index (χ3n) is 4.95. The van der Waals surface area contributed by atoms with Crippen LogP contribution >= 0.6 is 11.6 Å². The normalized spacial score (nSPS) is 12.9. The number of carbonyl (C=O) groups is 2. The lowest BCUT2D eigenvalue weighted by atomic mass is 10.1. The van der Waals surface area contributed by atoms with Crippen LogP contribution in [0.25, 0.3) is 0 Å². The lowest BCUT2D eigenvalue weighted by Gasteiger charge is -2.30. The van der Waals surface area contributed by atoms with Crippen molar-refractivity contribution in [1.82, 2.24) is 10.2 Å². The smallest absolute Gasteiger partial charge is 0.242 e. The van der Waals surface area contributed by atoms with E-state index in [0.717, 1.165) is 17.5 Å². The Bertz CT molecular complexity index is 779. The van der Waals surface area contributed by atoms with Crippen molar-refractivity contribution in [3.8, 4) is 0 Å². The largest absolute Gasteiger partial charge is 0.352 e. The number of benzene rings is 2. The molecule has 0 aliphatic heterocycles. The molecule has 2 aromatic carbocycles. The van der Waals surface area contributed by atoms with Crippen molar-refractivity contribution in [2.45, 2.75) is 52.1 Å². The van der Waals surface area contributed by atoms with E-state index in [9.17, 15) is 9.59 Å². The van der Waals surface area contributed by atoms with E-state index in [2.05, 4.69) is 5.32 Å². The van der Waals surface area contributed by atoms with Crippen LogP contribution < -0.4 is 5.32 Å². The maximum Gasteiger partial charge on any atom is 0.242 e. The highest BCUT2D eigenvalue weighted by molar-refractivity contribution is 6.31. The van der Waals surface area contributed by atoms with Gasteiger partial charge in [0.15, 0.2) is 0 Å². The summed E-state index contributed by atoms with van der Waals surface area (Å²) in [4.78, 5) is 27.4. The Balaban J connectivity index is 2.15. The predicted octanol–water partition coefficient (Wildman–Crippen LogP) is 4.26. The first-order chi connectivity index (χ1) is 13.4. The molecule has 0 unspecified atom stereocenters. The lowest BCUT2D eigenvalue weighted by Crippen LogP contribution is -2.50. The van der Waals surface area contributed by atoms with Gasteiger partial charge in [-0.3, -0.25) is 9.59 Å². The monoisotopic (exact) mass is 400 g/mol. The fraction of sp³-hybridized carbons (Fsp3) is 0.391. The van der Waals surface area contributed by atoms with Gasteiger partial charge >= 0.3 is 0 Å². The molecule has 0 fully saturated rings. The molecule has 1 N–H and O–H groups in total. The van der Waals surface area contributed by atoms with E-state index in [1.54, 1.807) is 17.9 Å². The van der Waals surface area contributed by atoms with Crippen molar-refractivity contribution in [3.05, 3.63) is 70.7 Å². The molecule has 0 saturated heterocycles. The zero-order chi connectivity index (χ0) is 20.5. The molecule has 2 aromatic rings. The van der Waals surface area contributed by atoms with Crippen molar-refractivity contribution >= 4 is 23.4 Å². The minimum absolute atomic E-state index is 0.0737. The number of rotatable bonds is 9. The molecule has 0 heterocycles. The molecule has 0 spiro atoms. The SMILES string of the molecule is CC[C@@H](C)NC(=O)[C@H](C)N(CCc1ccccc1)C(=O)Cc1ccccc1Cl. The van der Waals surface area contributed by atoms with Crippen molar-refractivity contribution in [3.63, 3.8) is 0 Å². The van der Waals surface area contributed by atoms with E-state index in [0.29, 0.717) is 18.0 Å². The molecule has 0 bridgehead atoms. The highest BCUT2D eigenvalue weighted by Crippen LogP contribution is 2.17. The molecule has 5 heteroatoms. The molecule has 2 atom stereocenters. The summed E-state index contributed by atoms with van der Waals surface area (Å²) >= 11 is 6.23. The van der Waals surface area contributed by atoms with Crippen molar-refractivity contribution in [2.24, 2.45) is 0 Å². The molecule has 28 heavy (non-hydrogen) atoms. The van der Waals surface area contributed by atoms with Crippen LogP contribution in [0.3, 0.4) is 0 Å². The predicted molar refractivity (Wildman–Crippen MR) is 114 cm³/mol. The van der Waals surface area contributed by atoms with Crippen LogP contribution in [0.5, 0.6) is 0 Å². The molecule has 4 nitrogen and oxygen atoms in total. The molecule has 0 aliphatic carbocycles. The summed E-state index contributed by atoms with van der Waals surface area (Å²) in [5, 5.41) is 3.54. The van der Waals surface area contributed by atoms with E-state index in [4.69, 9.17) is 11.6 Å². The Kier molecular flexibility index (Phi) is 8.52. The van der Waals surface area contributed by atoms with E-state index >= 15 is 0 Å². The Hall–Kier alpha value is -2.33. The number of halogens is 1. The minimum atomic E-state index is -0.548. The summed E-state index contributed by atoms with van der Waals surface area (Å²) in [6, 6.07) is 16.8.